The van der Waals surface area contributed by atoms with Gasteiger partial charge < -0.3 is 10.6 Å². The maximum atomic E-state index is 12.2. The molecule has 1 saturated carbocycles. The zero-order valence-electron chi connectivity index (χ0n) is 10.5. The summed E-state index contributed by atoms with van der Waals surface area (Å²) in [6, 6.07) is 0.0405. The van der Waals surface area contributed by atoms with Crippen LogP contribution in [0.1, 0.15) is 52.4 Å². The molecular weight excluding hydrogens is 200 g/mol. The van der Waals surface area contributed by atoms with E-state index in [4.69, 9.17) is 0 Å². The summed E-state index contributed by atoms with van der Waals surface area (Å²) >= 11 is 0. The number of amides is 1. The molecular formula is C13H24N2O. The molecule has 3 nitrogen and oxygen atoms in total. The van der Waals surface area contributed by atoms with Crippen LogP contribution in [0.15, 0.2) is 0 Å². The van der Waals surface area contributed by atoms with Gasteiger partial charge >= 0.3 is 0 Å². The van der Waals surface area contributed by atoms with Crippen molar-refractivity contribution in [3.8, 4) is 0 Å². The number of carbonyl (C=O) groups is 1. The van der Waals surface area contributed by atoms with E-state index in [0.717, 1.165) is 25.8 Å². The summed E-state index contributed by atoms with van der Waals surface area (Å²) in [4.78, 5) is 12.2. The van der Waals surface area contributed by atoms with Crippen molar-refractivity contribution in [2.24, 2.45) is 5.92 Å². The summed E-state index contributed by atoms with van der Waals surface area (Å²) < 4.78 is 0. The van der Waals surface area contributed by atoms with Crippen molar-refractivity contribution in [2.75, 3.05) is 6.54 Å². The Morgan fingerprint density at radius 2 is 2.00 bits per heavy atom. The number of hydrogen-bond acceptors (Lipinski definition) is 2. The molecule has 1 saturated heterocycles. The van der Waals surface area contributed by atoms with E-state index in [0.29, 0.717) is 5.92 Å². The molecule has 2 aliphatic rings. The molecule has 1 aliphatic heterocycles. The van der Waals surface area contributed by atoms with Gasteiger partial charge in [-0.2, -0.15) is 0 Å². The molecule has 0 bridgehead atoms. The fourth-order valence-electron chi connectivity index (χ4n) is 3.02. The zero-order chi connectivity index (χ0) is 11.6. The molecule has 1 amide bonds. The summed E-state index contributed by atoms with van der Waals surface area (Å²) in [5.74, 6) is 0.696. The highest BCUT2D eigenvalue weighted by atomic mass is 16.2. The van der Waals surface area contributed by atoms with E-state index in [1.54, 1.807) is 0 Å². The van der Waals surface area contributed by atoms with Gasteiger partial charge in [0.05, 0.1) is 6.04 Å². The molecule has 2 atom stereocenters. The third kappa shape index (κ3) is 2.57. The fourth-order valence-corrected chi connectivity index (χ4v) is 3.02. The van der Waals surface area contributed by atoms with Crippen LogP contribution in [0, 0.1) is 5.92 Å². The van der Waals surface area contributed by atoms with Crippen LogP contribution in [0.2, 0.25) is 0 Å². The lowest BCUT2D eigenvalue weighted by atomic mass is 9.83. The Kier molecular flexibility index (Phi) is 3.53. The molecule has 2 rings (SSSR count). The van der Waals surface area contributed by atoms with Crippen molar-refractivity contribution in [3.05, 3.63) is 0 Å². The minimum atomic E-state index is 0.0405. The molecule has 16 heavy (non-hydrogen) atoms. The normalized spacial score (nSPS) is 33.6. The summed E-state index contributed by atoms with van der Waals surface area (Å²) in [5.41, 5.74) is 0.0549. The molecule has 0 aromatic carbocycles. The summed E-state index contributed by atoms with van der Waals surface area (Å²) in [6.07, 6.45) is 7.23. The highest BCUT2D eigenvalue weighted by molar-refractivity contribution is 5.83. The average Bonchev–Trinajstić information content (AvgIpc) is 2.65. The molecule has 1 heterocycles. The third-order valence-corrected chi connectivity index (χ3v) is 4.20. The smallest absolute Gasteiger partial charge is 0.237 e. The Balaban J connectivity index is 1.90. The molecule has 3 heteroatoms. The summed E-state index contributed by atoms with van der Waals surface area (Å²) in [5, 5.41) is 6.57. The minimum Gasteiger partial charge on any atom is -0.350 e. The van der Waals surface area contributed by atoms with Crippen LogP contribution < -0.4 is 10.6 Å². The topological polar surface area (TPSA) is 41.1 Å². The highest BCUT2D eigenvalue weighted by Gasteiger charge is 2.34. The monoisotopic (exact) mass is 224 g/mol. The van der Waals surface area contributed by atoms with Gasteiger partial charge in [0.2, 0.25) is 5.91 Å². The first kappa shape index (κ1) is 11.9. The van der Waals surface area contributed by atoms with Crippen LogP contribution in [-0.2, 0) is 4.79 Å². The quantitative estimate of drug-likeness (QED) is 0.751. The second kappa shape index (κ2) is 4.74. The Morgan fingerprint density at radius 1 is 1.31 bits per heavy atom. The molecule has 92 valence electrons. The first-order valence-corrected chi connectivity index (χ1v) is 6.66. The fraction of sp³-hybridized carbons (Fsp3) is 0.923. The van der Waals surface area contributed by atoms with Crippen LogP contribution >= 0.6 is 0 Å². The standard InChI is InChI=1S/C13H24N2O/c1-10-6-9-14-11(10)12(16)15-13(2)7-4-3-5-8-13/h10-11,14H,3-9H2,1-2H3,(H,15,16). The molecule has 0 aromatic heterocycles. The summed E-state index contributed by atoms with van der Waals surface area (Å²) in [7, 11) is 0. The van der Waals surface area contributed by atoms with Crippen LogP contribution in [0.3, 0.4) is 0 Å². The van der Waals surface area contributed by atoms with Crippen molar-refractivity contribution < 1.29 is 4.79 Å². The van der Waals surface area contributed by atoms with Gasteiger partial charge in [-0.15, -0.1) is 0 Å². The van der Waals surface area contributed by atoms with E-state index < -0.39 is 0 Å². The first-order chi connectivity index (χ1) is 7.61. The number of carbonyl (C=O) groups excluding carboxylic acids is 1. The van der Waals surface area contributed by atoms with Gasteiger partial charge in [-0.25, -0.2) is 0 Å². The molecule has 2 fully saturated rings. The summed E-state index contributed by atoms with van der Waals surface area (Å²) in [6.45, 7) is 5.34. The van der Waals surface area contributed by atoms with Crippen LogP contribution in [0.25, 0.3) is 0 Å². The van der Waals surface area contributed by atoms with E-state index in [9.17, 15) is 4.79 Å². The Labute approximate surface area is 98.4 Å². The van der Waals surface area contributed by atoms with Gasteiger partial charge in [0.1, 0.15) is 0 Å². The average molecular weight is 224 g/mol. The second-order valence-electron chi connectivity index (χ2n) is 5.81. The SMILES string of the molecule is CC1CCNC1C(=O)NC1(C)CCCCC1. The van der Waals surface area contributed by atoms with Crippen molar-refractivity contribution in [2.45, 2.75) is 64.0 Å². The Morgan fingerprint density at radius 3 is 2.56 bits per heavy atom. The minimum absolute atomic E-state index is 0.0405. The molecule has 0 aromatic rings. The second-order valence-corrected chi connectivity index (χ2v) is 5.81. The van der Waals surface area contributed by atoms with Gasteiger partial charge in [0, 0.05) is 5.54 Å². The molecule has 0 radical (unpaired) electrons. The number of rotatable bonds is 2. The third-order valence-electron chi connectivity index (χ3n) is 4.20. The van der Waals surface area contributed by atoms with E-state index in [2.05, 4.69) is 24.5 Å². The van der Waals surface area contributed by atoms with Gasteiger partial charge in [0.15, 0.2) is 0 Å². The van der Waals surface area contributed by atoms with Gasteiger partial charge in [-0.05, 0) is 38.6 Å². The van der Waals surface area contributed by atoms with E-state index in [1.165, 1.54) is 19.3 Å². The lowest BCUT2D eigenvalue weighted by Crippen LogP contribution is -2.53. The van der Waals surface area contributed by atoms with Crippen LogP contribution in [0.4, 0.5) is 0 Å². The van der Waals surface area contributed by atoms with Gasteiger partial charge in [0.25, 0.3) is 0 Å². The number of hydrogen-bond donors (Lipinski definition) is 2. The van der Waals surface area contributed by atoms with E-state index in [1.807, 2.05) is 0 Å². The largest absolute Gasteiger partial charge is 0.350 e. The molecule has 2 N–H and O–H groups in total. The molecule has 2 unspecified atom stereocenters. The highest BCUT2D eigenvalue weighted by Crippen LogP contribution is 2.28. The maximum Gasteiger partial charge on any atom is 0.237 e. The Hall–Kier alpha value is -0.570. The van der Waals surface area contributed by atoms with Crippen LogP contribution in [0.5, 0.6) is 0 Å². The van der Waals surface area contributed by atoms with Crippen molar-refractivity contribution >= 4 is 5.91 Å². The van der Waals surface area contributed by atoms with Crippen molar-refractivity contribution in [1.29, 1.82) is 0 Å². The van der Waals surface area contributed by atoms with Gasteiger partial charge in [-0.3, -0.25) is 4.79 Å². The van der Waals surface area contributed by atoms with Gasteiger partial charge in [-0.1, -0.05) is 26.2 Å². The van der Waals surface area contributed by atoms with E-state index >= 15 is 0 Å². The first-order valence-electron chi connectivity index (χ1n) is 6.66. The maximum absolute atomic E-state index is 12.2. The number of nitrogens with one attached hydrogen (secondary N) is 2. The lowest BCUT2D eigenvalue weighted by molar-refractivity contribution is -0.125. The Bertz CT molecular complexity index is 259. The predicted octanol–water partition coefficient (Wildman–Crippen LogP) is 1.82. The van der Waals surface area contributed by atoms with E-state index in [-0.39, 0.29) is 17.5 Å². The zero-order valence-corrected chi connectivity index (χ0v) is 10.5. The predicted molar refractivity (Wildman–Crippen MR) is 65.2 cm³/mol. The van der Waals surface area contributed by atoms with Crippen molar-refractivity contribution in [1.82, 2.24) is 10.6 Å². The lowest BCUT2D eigenvalue weighted by Gasteiger charge is -2.35. The van der Waals surface area contributed by atoms with Crippen molar-refractivity contribution in [3.63, 3.8) is 0 Å². The molecule has 0 spiro atoms. The van der Waals surface area contributed by atoms with Crippen LogP contribution in [-0.4, -0.2) is 24.0 Å². The molecule has 1 aliphatic carbocycles.